The van der Waals surface area contributed by atoms with Crippen LogP contribution in [0.15, 0.2) is 69.7 Å². The van der Waals surface area contributed by atoms with Crippen LogP contribution in [0.4, 0.5) is 0 Å². The van der Waals surface area contributed by atoms with Gasteiger partial charge in [-0.2, -0.15) is 4.98 Å². The van der Waals surface area contributed by atoms with Crippen LogP contribution in [0.1, 0.15) is 23.8 Å². The molecule has 0 aliphatic heterocycles. The van der Waals surface area contributed by atoms with Gasteiger partial charge in [-0.1, -0.05) is 65.3 Å². The van der Waals surface area contributed by atoms with Gasteiger partial charge in [0.2, 0.25) is 17.6 Å². The van der Waals surface area contributed by atoms with E-state index in [0.717, 1.165) is 16.7 Å². The fraction of sp³-hybridized carbons (Fsp3) is 0.182. The van der Waals surface area contributed by atoms with Gasteiger partial charge in [-0.3, -0.25) is 4.79 Å². The number of ether oxygens (including phenoxy) is 1. The third-order valence-corrected chi connectivity index (χ3v) is 4.29. The third-order valence-electron chi connectivity index (χ3n) is 4.29. The molecular formula is C22H19N3O4. The van der Waals surface area contributed by atoms with Crippen LogP contribution in [0.2, 0.25) is 0 Å². The van der Waals surface area contributed by atoms with E-state index in [0.29, 0.717) is 29.8 Å². The molecule has 0 amide bonds. The highest BCUT2D eigenvalue weighted by molar-refractivity contribution is 5.69. The van der Waals surface area contributed by atoms with Gasteiger partial charge in [0.25, 0.3) is 0 Å². The summed E-state index contributed by atoms with van der Waals surface area (Å²) >= 11 is 0. The van der Waals surface area contributed by atoms with Crippen molar-refractivity contribution in [2.75, 3.05) is 0 Å². The largest absolute Gasteiger partial charge is 0.456 e. The van der Waals surface area contributed by atoms with Gasteiger partial charge in [0.1, 0.15) is 0 Å². The number of hydrogen-bond donors (Lipinski definition) is 0. The Labute approximate surface area is 167 Å². The average Bonchev–Trinajstić information content (AvgIpc) is 3.42. The summed E-state index contributed by atoms with van der Waals surface area (Å²) < 4.78 is 16.0. The molecule has 0 fully saturated rings. The van der Waals surface area contributed by atoms with E-state index in [9.17, 15) is 4.79 Å². The second-order valence-corrected chi connectivity index (χ2v) is 6.52. The van der Waals surface area contributed by atoms with E-state index in [-0.39, 0.29) is 19.0 Å². The highest BCUT2D eigenvalue weighted by atomic mass is 16.5. The lowest BCUT2D eigenvalue weighted by Crippen LogP contribution is -2.06. The number of aromatic nitrogens is 3. The second kappa shape index (κ2) is 8.52. The van der Waals surface area contributed by atoms with E-state index in [1.165, 1.54) is 0 Å². The van der Waals surface area contributed by atoms with Gasteiger partial charge < -0.3 is 13.7 Å². The van der Waals surface area contributed by atoms with Crippen molar-refractivity contribution in [2.24, 2.45) is 0 Å². The lowest BCUT2D eigenvalue weighted by molar-refractivity contribution is -0.145. The molecule has 0 unspecified atom stereocenters. The lowest BCUT2D eigenvalue weighted by atomic mass is 10.1. The Bertz CT molecular complexity index is 1080. The molecule has 2 aromatic carbocycles. The summed E-state index contributed by atoms with van der Waals surface area (Å²) in [4.78, 5) is 20.5. The fourth-order valence-corrected chi connectivity index (χ4v) is 2.71. The summed E-state index contributed by atoms with van der Waals surface area (Å²) in [5.41, 5.74) is 2.94. The van der Waals surface area contributed by atoms with Gasteiger partial charge in [-0.25, -0.2) is 4.98 Å². The monoisotopic (exact) mass is 389 g/mol. The first kappa shape index (κ1) is 18.6. The van der Waals surface area contributed by atoms with Crippen LogP contribution < -0.4 is 0 Å². The Morgan fingerprint density at radius 1 is 1.00 bits per heavy atom. The fourth-order valence-electron chi connectivity index (χ4n) is 2.71. The molecule has 0 bridgehead atoms. The Morgan fingerprint density at radius 2 is 1.79 bits per heavy atom. The van der Waals surface area contributed by atoms with Crippen molar-refractivity contribution in [2.45, 2.75) is 26.4 Å². The van der Waals surface area contributed by atoms with Crippen LogP contribution in [-0.2, 0) is 22.6 Å². The van der Waals surface area contributed by atoms with E-state index >= 15 is 0 Å². The molecule has 2 aromatic heterocycles. The quantitative estimate of drug-likeness (QED) is 0.433. The molecule has 4 rings (SSSR count). The Hall–Kier alpha value is -3.74. The molecular weight excluding hydrogens is 370 g/mol. The molecule has 7 heteroatoms. The molecule has 29 heavy (non-hydrogen) atoms. The maximum atomic E-state index is 12.0. The molecule has 0 aliphatic rings. The van der Waals surface area contributed by atoms with Crippen molar-refractivity contribution in [3.05, 3.63) is 78.1 Å². The molecule has 0 saturated carbocycles. The van der Waals surface area contributed by atoms with E-state index < -0.39 is 0 Å². The second-order valence-electron chi connectivity index (χ2n) is 6.52. The van der Waals surface area contributed by atoms with E-state index in [2.05, 4.69) is 15.1 Å². The molecule has 0 N–H and O–H groups in total. The van der Waals surface area contributed by atoms with Crippen molar-refractivity contribution in [3.8, 4) is 22.7 Å². The van der Waals surface area contributed by atoms with E-state index in [1.807, 2.05) is 61.5 Å². The number of rotatable bonds is 7. The van der Waals surface area contributed by atoms with Crippen molar-refractivity contribution in [1.82, 2.24) is 15.1 Å². The van der Waals surface area contributed by atoms with Gasteiger partial charge in [-0.15, -0.1) is 0 Å². The number of hydrogen-bond acceptors (Lipinski definition) is 7. The van der Waals surface area contributed by atoms with E-state index in [4.69, 9.17) is 13.7 Å². The predicted octanol–water partition coefficient (Wildman–Crippen LogP) is 4.38. The standard InChI is InChI=1S/C22H19N3O4/c1-15-7-9-17(10-8-15)22-24-19(29-25-22)11-12-21(26)27-14-20-23-13-18(28-20)16-5-3-2-4-6-16/h2-10,13H,11-12,14H2,1H3. The van der Waals surface area contributed by atoms with Crippen molar-refractivity contribution in [3.63, 3.8) is 0 Å². The first-order valence-corrected chi connectivity index (χ1v) is 9.23. The topological polar surface area (TPSA) is 91.2 Å². The molecule has 2 heterocycles. The number of oxazole rings is 1. The SMILES string of the molecule is Cc1ccc(-c2noc(CCC(=O)OCc3ncc(-c4ccccc4)o3)n2)cc1. The third kappa shape index (κ3) is 4.76. The highest BCUT2D eigenvalue weighted by Gasteiger charge is 2.13. The average molecular weight is 389 g/mol. The van der Waals surface area contributed by atoms with Crippen LogP contribution in [0.3, 0.4) is 0 Å². The molecule has 0 saturated heterocycles. The summed E-state index contributed by atoms with van der Waals surface area (Å²) in [5, 5.41) is 3.96. The van der Waals surface area contributed by atoms with Gasteiger partial charge >= 0.3 is 5.97 Å². The van der Waals surface area contributed by atoms with Gasteiger partial charge in [-0.05, 0) is 6.92 Å². The molecule has 0 atom stereocenters. The summed E-state index contributed by atoms with van der Waals surface area (Å²) in [6, 6.07) is 17.4. The number of carbonyl (C=O) groups is 1. The van der Waals surface area contributed by atoms with Crippen molar-refractivity contribution < 1.29 is 18.5 Å². The maximum Gasteiger partial charge on any atom is 0.306 e. The Morgan fingerprint density at radius 3 is 2.59 bits per heavy atom. The first-order valence-electron chi connectivity index (χ1n) is 9.23. The Kier molecular flexibility index (Phi) is 5.47. The Balaban J connectivity index is 1.27. The number of benzene rings is 2. The zero-order valence-electron chi connectivity index (χ0n) is 15.9. The minimum Gasteiger partial charge on any atom is -0.456 e. The zero-order chi connectivity index (χ0) is 20.1. The summed E-state index contributed by atoms with van der Waals surface area (Å²) in [7, 11) is 0. The van der Waals surface area contributed by atoms with Gasteiger partial charge in [0.05, 0.1) is 12.6 Å². The number of nitrogens with zero attached hydrogens (tertiary/aromatic N) is 3. The van der Waals surface area contributed by atoms with Crippen LogP contribution in [0, 0.1) is 6.92 Å². The number of esters is 1. The molecule has 146 valence electrons. The van der Waals surface area contributed by atoms with Gasteiger partial charge in [0, 0.05) is 17.5 Å². The molecule has 4 aromatic rings. The van der Waals surface area contributed by atoms with Crippen LogP contribution >= 0.6 is 0 Å². The number of aryl methyl sites for hydroxylation is 2. The van der Waals surface area contributed by atoms with Crippen LogP contribution in [0.25, 0.3) is 22.7 Å². The predicted molar refractivity (Wildman–Crippen MR) is 105 cm³/mol. The van der Waals surface area contributed by atoms with Crippen molar-refractivity contribution >= 4 is 5.97 Å². The molecule has 7 nitrogen and oxygen atoms in total. The van der Waals surface area contributed by atoms with Crippen LogP contribution in [0.5, 0.6) is 0 Å². The highest BCUT2D eigenvalue weighted by Crippen LogP contribution is 2.20. The minimum atomic E-state index is -0.389. The summed E-state index contributed by atoms with van der Waals surface area (Å²) in [6.45, 7) is 1.99. The molecule has 0 aliphatic carbocycles. The maximum absolute atomic E-state index is 12.0. The lowest BCUT2D eigenvalue weighted by Gasteiger charge is -2.00. The minimum absolute atomic E-state index is 0.0237. The number of carbonyl (C=O) groups excluding carboxylic acids is 1. The van der Waals surface area contributed by atoms with E-state index in [1.54, 1.807) is 6.20 Å². The molecule has 0 radical (unpaired) electrons. The zero-order valence-corrected chi connectivity index (χ0v) is 15.9. The summed E-state index contributed by atoms with van der Waals surface area (Å²) in [5.74, 6) is 1.48. The molecule has 0 spiro atoms. The summed E-state index contributed by atoms with van der Waals surface area (Å²) in [6.07, 6.45) is 2.05. The van der Waals surface area contributed by atoms with Crippen molar-refractivity contribution in [1.29, 1.82) is 0 Å². The normalized spacial score (nSPS) is 10.8. The van der Waals surface area contributed by atoms with Gasteiger partial charge in [0.15, 0.2) is 12.4 Å². The smallest absolute Gasteiger partial charge is 0.306 e. The first-order chi connectivity index (χ1) is 14.2. The van der Waals surface area contributed by atoms with Crippen LogP contribution in [-0.4, -0.2) is 21.1 Å².